The van der Waals surface area contributed by atoms with E-state index in [4.69, 9.17) is 14.7 Å². The Morgan fingerprint density at radius 2 is 2.00 bits per heavy atom. The Hall–Kier alpha value is -3.87. The number of likely N-dealkylation sites (N-methyl/N-ethyl adjacent to an activating group) is 1. The van der Waals surface area contributed by atoms with Gasteiger partial charge in [-0.3, -0.25) is 9.59 Å². The molecule has 0 aliphatic carbocycles. The van der Waals surface area contributed by atoms with E-state index < -0.39 is 0 Å². The largest absolute Gasteiger partial charge is 0.381 e. The van der Waals surface area contributed by atoms with Gasteiger partial charge in [-0.15, -0.1) is 0 Å². The predicted octanol–water partition coefficient (Wildman–Crippen LogP) is 3.04. The van der Waals surface area contributed by atoms with Crippen LogP contribution in [0.15, 0.2) is 42.6 Å². The summed E-state index contributed by atoms with van der Waals surface area (Å²) in [6, 6.07) is 7.77. The van der Waals surface area contributed by atoms with Crippen molar-refractivity contribution >= 4 is 35.0 Å². The monoisotopic (exact) mass is 589 g/mol. The van der Waals surface area contributed by atoms with Gasteiger partial charge in [0.25, 0.3) is 5.91 Å². The van der Waals surface area contributed by atoms with Crippen molar-refractivity contribution in [2.45, 2.75) is 51.6 Å². The van der Waals surface area contributed by atoms with Gasteiger partial charge in [-0.2, -0.15) is 19.6 Å². The van der Waals surface area contributed by atoms with Crippen molar-refractivity contribution < 1.29 is 14.3 Å². The van der Waals surface area contributed by atoms with Crippen LogP contribution in [0.3, 0.4) is 0 Å². The molecule has 0 spiro atoms. The SMILES string of the molecule is CC(C)c1cnn2c(NCc3cccc(N(C(=O)C=CCN(C)C)C(=O)C4CCNC4)c3)nc(NC3CCOCC3)nc12. The molecule has 0 saturated carbocycles. The van der Waals surface area contributed by atoms with Crippen LogP contribution in [-0.4, -0.2) is 89.3 Å². The van der Waals surface area contributed by atoms with E-state index in [0.29, 0.717) is 43.6 Å². The molecular formula is C31H43N9O3. The van der Waals surface area contributed by atoms with Gasteiger partial charge in [-0.05, 0) is 63.5 Å². The van der Waals surface area contributed by atoms with E-state index in [1.165, 1.54) is 11.0 Å². The van der Waals surface area contributed by atoms with Gasteiger partial charge in [0, 0.05) is 50.5 Å². The highest BCUT2D eigenvalue weighted by Crippen LogP contribution is 2.25. The number of benzene rings is 1. The summed E-state index contributed by atoms with van der Waals surface area (Å²) < 4.78 is 7.24. The highest BCUT2D eigenvalue weighted by molar-refractivity contribution is 6.19. The molecule has 4 heterocycles. The highest BCUT2D eigenvalue weighted by atomic mass is 16.5. The van der Waals surface area contributed by atoms with Crippen molar-refractivity contribution in [3.63, 3.8) is 0 Å². The zero-order valence-electron chi connectivity index (χ0n) is 25.5. The highest BCUT2D eigenvalue weighted by Gasteiger charge is 2.31. The van der Waals surface area contributed by atoms with Crippen molar-refractivity contribution in [1.29, 1.82) is 0 Å². The number of imide groups is 1. The summed E-state index contributed by atoms with van der Waals surface area (Å²) >= 11 is 0. The summed E-state index contributed by atoms with van der Waals surface area (Å²) in [5.41, 5.74) is 3.24. The van der Waals surface area contributed by atoms with Gasteiger partial charge in [0.15, 0.2) is 5.65 Å². The second-order valence-electron chi connectivity index (χ2n) is 11.8. The average Bonchev–Trinajstić information content (AvgIpc) is 3.68. The normalized spacial score (nSPS) is 17.8. The molecule has 2 aromatic heterocycles. The number of amides is 2. The molecule has 3 aromatic rings. The Labute approximate surface area is 252 Å². The van der Waals surface area contributed by atoms with Crippen LogP contribution in [0.2, 0.25) is 0 Å². The summed E-state index contributed by atoms with van der Waals surface area (Å²) in [4.78, 5) is 39.8. The maximum Gasteiger partial charge on any atom is 0.257 e. The third-order valence-electron chi connectivity index (χ3n) is 7.77. The maximum atomic E-state index is 13.5. The van der Waals surface area contributed by atoms with Crippen LogP contribution in [0.1, 0.15) is 50.2 Å². The Balaban J connectivity index is 1.39. The Morgan fingerprint density at radius 1 is 1.19 bits per heavy atom. The first-order chi connectivity index (χ1) is 20.8. The molecule has 230 valence electrons. The minimum absolute atomic E-state index is 0.186. The van der Waals surface area contributed by atoms with Gasteiger partial charge in [-0.1, -0.05) is 32.1 Å². The first kappa shape index (κ1) is 30.6. The van der Waals surface area contributed by atoms with Crippen LogP contribution >= 0.6 is 0 Å². The third kappa shape index (κ3) is 7.56. The lowest BCUT2D eigenvalue weighted by Gasteiger charge is -2.24. The fourth-order valence-electron chi connectivity index (χ4n) is 5.34. The van der Waals surface area contributed by atoms with Crippen molar-refractivity contribution in [3.8, 4) is 0 Å². The van der Waals surface area contributed by atoms with Gasteiger partial charge in [0.05, 0.1) is 17.8 Å². The van der Waals surface area contributed by atoms with E-state index in [1.54, 1.807) is 10.6 Å². The van der Waals surface area contributed by atoms with Crippen molar-refractivity contribution in [2.24, 2.45) is 5.92 Å². The summed E-state index contributed by atoms with van der Waals surface area (Å²) in [5.74, 6) is 0.589. The van der Waals surface area contributed by atoms with E-state index in [0.717, 1.165) is 49.4 Å². The number of ether oxygens (including phenoxy) is 1. The van der Waals surface area contributed by atoms with Gasteiger partial charge >= 0.3 is 0 Å². The number of nitrogens with zero attached hydrogens (tertiary/aromatic N) is 6. The fourth-order valence-corrected chi connectivity index (χ4v) is 5.34. The Kier molecular flexibility index (Phi) is 10.0. The molecule has 1 unspecified atom stereocenters. The number of anilines is 3. The Bertz CT molecular complexity index is 1440. The van der Waals surface area contributed by atoms with E-state index in [9.17, 15) is 9.59 Å². The van der Waals surface area contributed by atoms with E-state index in [2.05, 4.69) is 34.9 Å². The number of aromatic nitrogens is 4. The van der Waals surface area contributed by atoms with Gasteiger partial charge in [0.1, 0.15) is 0 Å². The maximum absolute atomic E-state index is 13.5. The molecule has 2 amide bonds. The molecule has 2 aliphatic rings. The van der Waals surface area contributed by atoms with E-state index in [1.807, 2.05) is 49.5 Å². The number of nitrogens with one attached hydrogen (secondary N) is 3. The van der Waals surface area contributed by atoms with Crippen LogP contribution < -0.4 is 20.9 Å². The predicted molar refractivity (Wildman–Crippen MR) is 167 cm³/mol. The molecular weight excluding hydrogens is 546 g/mol. The number of carbonyl (C=O) groups excluding carboxylic acids is 2. The fraction of sp³-hybridized carbons (Fsp3) is 0.516. The standard InChI is InChI=1S/C31H43N9O3/c1-21(2)26-20-34-40-28(26)36-30(35-24-11-15-43-16-12-24)37-31(40)33-18-22-7-5-8-25(17-22)39(27(41)9-6-14-38(3)4)29(42)23-10-13-32-19-23/h5-9,17,20-21,23-24,32H,10-16,18-19H2,1-4H3,(H2,33,35,36,37). The number of hydrogen-bond donors (Lipinski definition) is 3. The minimum Gasteiger partial charge on any atom is -0.381 e. The molecule has 0 bridgehead atoms. The molecule has 2 aliphatic heterocycles. The quantitative estimate of drug-likeness (QED) is 0.287. The lowest BCUT2D eigenvalue weighted by molar-refractivity contribution is -0.126. The van der Waals surface area contributed by atoms with Gasteiger partial charge in [0.2, 0.25) is 17.8 Å². The number of fused-ring (bicyclic) bond motifs is 1. The zero-order valence-corrected chi connectivity index (χ0v) is 25.5. The molecule has 3 N–H and O–H groups in total. The van der Waals surface area contributed by atoms with Crippen LogP contribution in [0.25, 0.3) is 5.65 Å². The smallest absolute Gasteiger partial charge is 0.257 e. The van der Waals surface area contributed by atoms with Crippen LogP contribution in [0, 0.1) is 5.92 Å². The Morgan fingerprint density at radius 3 is 2.72 bits per heavy atom. The van der Waals surface area contributed by atoms with Crippen molar-refractivity contribution in [3.05, 3.63) is 53.7 Å². The van der Waals surface area contributed by atoms with Crippen LogP contribution in [0.5, 0.6) is 0 Å². The summed E-state index contributed by atoms with van der Waals surface area (Å²) in [6.07, 6.45) is 7.62. The first-order valence-corrected chi connectivity index (χ1v) is 15.1. The van der Waals surface area contributed by atoms with Crippen LogP contribution in [-0.2, 0) is 20.9 Å². The molecule has 43 heavy (non-hydrogen) atoms. The van der Waals surface area contributed by atoms with Crippen molar-refractivity contribution in [2.75, 3.05) is 62.5 Å². The third-order valence-corrected chi connectivity index (χ3v) is 7.77. The molecule has 12 nitrogen and oxygen atoms in total. The number of hydrogen-bond acceptors (Lipinski definition) is 10. The number of rotatable bonds is 11. The average molecular weight is 590 g/mol. The zero-order chi connectivity index (χ0) is 30.3. The van der Waals surface area contributed by atoms with Crippen LogP contribution in [0.4, 0.5) is 17.6 Å². The summed E-state index contributed by atoms with van der Waals surface area (Å²) in [7, 11) is 3.86. The topological polar surface area (TPSA) is 129 Å². The second-order valence-corrected chi connectivity index (χ2v) is 11.8. The molecule has 12 heteroatoms. The molecule has 1 aromatic carbocycles. The minimum atomic E-state index is -0.344. The summed E-state index contributed by atoms with van der Waals surface area (Å²) in [6.45, 7) is 8.03. The van der Waals surface area contributed by atoms with E-state index >= 15 is 0 Å². The summed E-state index contributed by atoms with van der Waals surface area (Å²) in [5, 5.41) is 14.7. The molecule has 2 saturated heterocycles. The van der Waals surface area contributed by atoms with Crippen molar-refractivity contribution in [1.82, 2.24) is 29.8 Å². The molecule has 5 rings (SSSR count). The van der Waals surface area contributed by atoms with Gasteiger partial charge < -0.3 is 25.6 Å². The van der Waals surface area contributed by atoms with Gasteiger partial charge in [-0.25, -0.2) is 4.90 Å². The lowest BCUT2D eigenvalue weighted by atomic mass is 10.1. The second kappa shape index (κ2) is 14.1. The number of carbonyl (C=O) groups is 2. The van der Waals surface area contributed by atoms with E-state index in [-0.39, 0.29) is 29.7 Å². The molecule has 2 fully saturated rings. The molecule has 0 radical (unpaired) electrons. The lowest BCUT2D eigenvalue weighted by Crippen LogP contribution is -2.41. The molecule has 1 atom stereocenters. The first-order valence-electron chi connectivity index (χ1n) is 15.1.